The molecule has 2 aromatic carbocycles. The number of aromatic amines is 1. The summed E-state index contributed by atoms with van der Waals surface area (Å²) in [5, 5.41) is 6.05. The molecule has 3 N–H and O–H groups in total. The van der Waals surface area contributed by atoms with Gasteiger partial charge in [0.1, 0.15) is 12.6 Å². The van der Waals surface area contributed by atoms with E-state index in [9.17, 15) is 14.4 Å². The van der Waals surface area contributed by atoms with Crippen LogP contribution in [0.15, 0.2) is 60.8 Å². The van der Waals surface area contributed by atoms with Crippen molar-refractivity contribution >= 4 is 28.9 Å². The molecule has 1 saturated heterocycles. The zero-order chi connectivity index (χ0) is 21.8. The molecule has 0 unspecified atom stereocenters. The van der Waals surface area contributed by atoms with Gasteiger partial charge in [0, 0.05) is 37.0 Å². The molecule has 160 valence electrons. The summed E-state index contributed by atoms with van der Waals surface area (Å²) in [6, 6.07) is 15.9. The second-order valence-electron chi connectivity index (χ2n) is 7.49. The summed E-state index contributed by atoms with van der Waals surface area (Å²) in [5.41, 5.74) is 1.17. The van der Waals surface area contributed by atoms with Gasteiger partial charge in [-0.2, -0.15) is 0 Å². The van der Waals surface area contributed by atoms with Crippen molar-refractivity contribution in [2.24, 2.45) is 0 Å². The van der Waals surface area contributed by atoms with Crippen LogP contribution >= 0.6 is 0 Å². The van der Waals surface area contributed by atoms with E-state index in [2.05, 4.69) is 15.6 Å². The van der Waals surface area contributed by atoms with Crippen molar-refractivity contribution in [1.82, 2.24) is 15.6 Å². The van der Waals surface area contributed by atoms with Crippen LogP contribution in [0.5, 0.6) is 0 Å². The summed E-state index contributed by atoms with van der Waals surface area (Å²) in [7, 11) is 1.49. The van der Waals surface area contributed by atoms with E-state index in [0.717, 1.165) is 22.0 Å². The first-order valence-corrected chi connectivity index (χ1v) is 9.98. The highest BCUT2D eigenvalue weighted by atomic mass is 16.6. The third kappa shape index (κ3) is 4.23. The molecule has 1 aromatic heterocycles. The Morgan fingerprint density at radius 2 is 1.90 bits per heavy atom. The molecule has 1 aliphatic rings. The van der Waals surface area contributed by atoms with Gasteiger partial charge in [-0.15, -0.1) is 0 Å². The predicted octanol–water partition coefficient (Wildman–Crippen LogP) is 2.44. The number of para-hydroxylation sites is 1. The van der Waals surface area contributed by atoms with Crippen LogP contribution in [-0.2, 0) is 32.1 Å². The highest BCUT2D eigenvalue weighted by Gasteiger charge is 2.52. The molecule has 8 nitrogen and oxygen atoms in total. The number of alkyl carbamates (subject to hydrolysis) is 1. The van der Waals surface area contributed by atoms with Crippen molar-refractivity contribution in [3.63, 3.8) is 0 Å². The average Bonchev–Trinajstić information content (AvgIpc) is 3.34. The quantitative estimate of drug-likeness (QED) is 0.530. The number of H-pyrrole nitrogens is 1. The van der Waals surface area contributed by atoms with Crippen LogP contribution < -0.4 is 10.6 Å². The van der Waals surface area contributed by atoms with Gasteiger partial charge in [0.15, 0.2) is 5.60 Å². The summed E-state index contributed by atoms with van der Waals surface area (Å²) < 4.78 is 10.8. The van der Waals surface area contributed by atoms with Gasteiger partial charge in [0.05, 0.1) is 0 Å². The number of cyclic esters (lactones) is 1. The zero-order valence-corrected chi connectivity index (χ0v) is 17.0. The molecule has 0 aliphatic carbocycles. The molecule has 4 rings (SSSR count). The van der Waals surface area contributed by atoms with Gasteiger partial charge in [0.25, 0.3) is 5.91 Å². The van der Waals surface area contributed by atoms with Crippen LogP contribution in [0.1, 0.15) is 17.5 Å². The largest absolute Gasteiger partial charge is 0.447 e. The minimum atomic E-state index is -1.42. The van der Waals surface area contributed by atoms with E-state index < -0.39 is 29.6 Å². The smallest absolute Gasteiger partial charge is 0.408 e. The lowest BCUT2D eigenvalue weighted by Crippen LogP contribution is -2.48. The lowest BCUT2D eigenvalue weighted by atomic mass is 9.89. The van der Waals surface area contributed by atoms with Gasteiger partial charge in [-0.05, 0) is 17.2 Å². The van der Waals surface area contributed by atoms with Crippen LogP contribution in [0.4, 0.5) is 4.79 Å². The summed E-state index contributed by atoms with van der Waals surface area (Å²) >= 11 is 0. The first-order valence-electron chi connectivity index (χ1n) is 9.98. The lowest BCUT2D eigenvalue weighted by molar-refractivity contribution is -0.158. The van der Waals surface area contributed by atoms with Gasteiger partial charge in [-0.1, -0.05) is 48.5 Å². The van der Waals surface area contributed by atoms with Crippen LogP contribution in [0.3, 0.4) is 0 Å². The van der Waals surface area contributed by atoms with Gasteiger partial charge in [0.2, 0.25) is 0 Å². The first-order chi connectivity index (χ1) is 15.0. The highest BCUT2D eigenvalue weighted by molar-refractivity contribution is 5.94. The maximum atomic E-state index is 12.7. The number of likely N-dealkylation sites (N-methyl/N-ethyl adjacent to an activating group) is 1. The Morgan fingerprint density at radius 1 is 1.16 bits per heavy atom. The molecule has 3 aromatic rings. The maximum absolute atomic E-state index is 12.7. The Kier molecular flexibility index (Phi) is 5.62. The molecule has 0 bridgehead atoms. The number of rotatable bonds is 6. The van der Waals surface area contributed by atoms with E-state index in [1.54, 1.807) is 6.20 Å². The summed E-state index contributed by atoms with van der Waals surface area (Å²) in [5.74, 6) is -1.09. The number of aromatic nitrogens is 1. The summed E-state index contributed by atoms with van der Waals surface area (Å²) in [6.07, 6.45) is 1.24. The first kappa shape index (κ1) is 20.5. The fraction of sp³-hybridized carbons (Fsp3) is 0.261. The van der Waals surface area contributed by atoms with Crippen molar-refractivity contribution in [2.45, 2.75) is 31.1 Å². The van der Waals surface area contributed by atoms with E-state index in [-0.39, 0.29) is 19.4 Å². The Morgan fingerprint density at radius 3 is 2.68 bits per heavy atom. The highest BCUT2D eigenvalue weighted by Crippen LogP contribution is 2.33. The number of hydrogen-bond acceptors (Lipinski definition) is 5. The molecule has 2 atom stereocenters. The van der Waals surface area contributed by atoms with Gasteiger partial charge in [-0.3, -0.25) is 4.79 Å². The number of ether oxygens (including phenoxy) is 2. The Bertz CT molecular complexity index is 1110. The average molecular weight is 421 g/mol. The standard InChI is InChI=1S/C23H23N3O5/c1-24-21(28)23(11-16-13-25-18-10-6-5-9-17(16)18)12-19(20(27)31-23)26-22(29)30-14-15-7-3-2-4-8-15/h2-10,13,19,25H,11-12,14H2,1H3,(H,24,28)(H,26,29)/t19-,23-/m1/s1. The topological polar surface area (TPSA) is 110 Å². The van der Waals surface area contributed by atoms with Crippen molar-refractivity contribution in [3.8, 4) is 0 Å². The van der Waals surface area contributed by atoms with Gasteiger partial charge < -0.3 is 25.1 Å². The minimum Gasteiger partial charge on any atom is -0.447 e. The molecule has 8 heteroatoms. The van der Waals surface area contributed by atoms with Gasteiger partial charge in [-0.25, -0.2) is 9.59 Å². The third-order valence-corrected chi connectivity index (χ3v) is 5.41. The predicted molar refractivity (Wildman–Crippen MR) is 113 cm³/mol. The number of benzene rings is 2. The normalized spacial score (nSPS) is 20.3. The Balaban J connectivity index is 1.47. The molecule has 2 heterocycles. The number of fused-ring (bicyclic) bond motifs is 1. The molecule has 2 amide bonds. The molecule has 1 fully saturated rings. The molecular weight excluding hydrogens is 398 g/mol. The van der Waals surface area contributed by atoms with E-state index in [1.807, 2.05) is 54.6 Å². The fourth-order valence-corrected chi connectivity index (χ4v) is 3.88. The third-order valence-electron chi connectivity index (χ3n) is 5.41. The Labute approximate surface area is 178 Å². The molecule has 0 radical (unpaired) electrons. The number of nitrogens with one attached hydrogen (secondary N) is 3. The fourth-order valence-electron chi connectivity index (χ4n) is 3.88. The number of esters is 1. The number of carbonyl (C=O) groups excluding carboxylic acids is 3. The lowest BCUT2D eigenvalue weighted by Gasteiger charge is -2.25. The van der Waals surface area contributed by atoms with Crippen LogP contribution in [0.2, 0.25) is 0 Å². The SMILES string of the molecule is CNC(=O)[C@@]1(Cc2c[nH]c3ccccc23)C[C@@H](NC(=O)OCc2ccccc2)C(=O)O1. The Hall–Kier alpha value is -3.81. The summed E-state index contributed by atoms with van der Waals surface area (Å²) in [4.78, 5) is 40.7. The van der Waals surface area contributed by atoms with E-state index in [0.29, 0.717) is 0 Å². The number of hydrogen-bond donors (Lipinski definition) is 3. The molecule has 0 spiro atoms. The van der Waals surface area contributed by atoms with Crippen molar-refractivity contribution < 1.29 is 23.9 Å². The van der Waals surface area contributed by atoms with Crippen LogP contribution in [-0.4, -0.2) is 41.6 Å². The second-order valence-corrected chi connectivity index (χ2v) is 7.49. The van der Waals surface area contributed by atoms with Gasteiger partial charge >= 0.3 is 12.1 Å². The zero-order valence-electron chi connectivity index (χ0n) is 17.0. The minimum absolute atomic E-state index is 0.00541. The van der Waals surface area contributed by atoms with Crippen LogP contribution in [0.25, 0.3) is 10.9 Å². The number of amides is 2. The molecule has 31 heavy (non-hydrogen) atoms. The van der Waals surface area contributed by atoms with E-state index in [4.69, 9.17) is 9.47 Å². The van der Waals surface area contributed by atoms with Crippen molar-refractivity contribution in [1.29, 1.82) is 0 Å². The number of carbonyl (C=O) groups is 3. The van der Waals surface area contributed by atoms with E-state index in [1.165, 1.54) is 7.05 Å². The molecule has 0 saturated carbocycles. The van der Waals surface area contributed by atoms with Crippen LogP contribution in [0, 0.1) is 0 Å². The monoisotopic (exact) mass is 421 g/mol. The maximum Gasteiger partial charge on any atom is 0.408 e. The molecular formula is C23H23N3O5. The second kappa shape index (κ2) is 8.51. The molecule has 1 aliphatic heterocycles. The van der Waals surface area contributed by atoms with E-state index >= 15 is 0 Å². The van der Waals surface area contributed by atoms with Crippen molar-refractivity contribution in [2.75, 3.05) is 7.05 Å². The van der Waals surface area contributed by atoms with Crippen molar-refractivity contribution in [3.05, 3.63) is 71.9 Å². The summed E-state index contributed by atoms with van der Waals surface area (Å²) in [6.45, 7) is 0.0738.